The van der Waals surface area contributed by atoms with Gasteiger partial charge in [-0.15, -0.1) is 0 Å². The summed E-state index contributed by atoms with van der Waals surface area (Å²) in [5, 5.41) is 12.6. The average molecular weight is 221 g/mol. The van der Waals surface area contributed by atoms with E-state index in [-0.39, 0.29) is 6.04 Å². The predicted octanol–water partition coefficient (Wildman–Crippen LogP) is 1.90. The summed E-state index contributed by atoms with van der Waals surface area (Å²) in [6, 6.07) is 3.73. The van der Waals surface area contributed by atoms with Crippen molar-refractivity contribution in [1.29, 1.82) is 5.26 Å². The standard InChI is InChI=1S/C13H23N3/c1-11-5-3-2-4-8-16(11)10-13(9-14)15-12-6-7-12/h11-13,15H,2-8,10H2,1H3. The minimum Gasteiger partial charge on any atom is -0.298 e. The lowest BCUT2D eigenvalue weighted by Crippen LogP contribution is -2.44. The molecule has 3 nitrogen and oxygen atoms in total. The number of rotatable bonds is 4. The summed E-state index contributed by atoms with van der Waals surface area (Å²) >= 11 is 0. The van der Waals surface area contributed by atoms with Crippen LogP contribution in [0.15, 0.2) is 0 Å². The molecule has 1 saturated heterocycles. The molecule has 1 N–H and O–H groups in total. The first-order valence-electron chi connectivity index (χ1n) is 6.69. The monoisotopic (exact) mass is 221 g/mol. The molecule has 2 rings (SSSR count). The van der Waals surface area contributed by atoms with Gasteiger partial charge in [-0.3, -0.25) is 10.2 Å². The van der Waals surface area contributed by atoms with Crippen LogP contribution in [0.25, 0.3) is 0 Å². The Labute approximate surface area is 98.8 Å². The molecule has 0 bridgehead atoms. The van der Waals surface area contributed by atoms with Gasteiger partial charge in [0.1, 0.15) is 6.04 Å². The quantitative estimate of drug-likeness (QED) is 0.788. The molecule has 1 heterocycles. The molecule has 0 spiro atoms. The van der Waals surface area contributed by atoms with Crippen molar-refractivity contribution in [3.05, 3.63) is 0 Å². The lowest BCUT2D eigenvalue weighted by atomic mass is 10.1. The van der Waals surface area contributed by atoms with Crippen LogP contribution in [0.5, 0.6) is 0 Å². The fourth-order valence-corrected chi connectivity index (χ4v) is 2.51. The maximum atomic E-state index is 9.15. The zero-order valence-electron chi connectivity index (χ0n) is 10.3. The Morgan fingerprint density at radius 1 is 1.31 bits per heavy atom. The van der Waals surface area contributed by atoms with Crippen molar-refractivity contribution in [3.63, 3.8) is 0 Å². The van der Waals surface area contributed by atoms with Crippen molar-refractivity contribution >= 4 is 0 Å². The van der Waals surface area contributed by atoms with Crippen LogP contribution in [-0.4, -0.2) is 36.1 Å². The normalized spacial score (nSPS) is 29.4. The third-order valence-corrected chi connectivity index (χ3v) is 3.78. The van der Waals surface area contributed by atoms with Crippen LogP contribution in [0.2, 0.25) is 0 Å². The molecule has 16 heavy (non-hydrogen) atoms. The first-order chi connectivity index (χ1) is 7.79. The van der Waals surface area contributed by atoms with Crippen LogP contribution in [0.4, 0.5) is 0 Å². The summed E-state index contributed by atoms with van der Waals surface area (Å²) < 4.78 is 0. The van der Waals surface area contributed by atoms with E-state index < -0.39 is 0 Å². The van der Waals surface area contributed by atoms with Gasteiger partial charge in [0.25, 0.3) is 0 Å². The highest BCUT2D eigenvalue weighted by molar-refractivity contribution is 4.98. The number of likely N-dealkylation sites (tertiary alicyclic amines) is 1. The van der Waals surface area contributed by atoms with E-state index in [4.69, 9.17) is 5.26 Å². The summed E-state index contributed by atoms with van der Waals surface area (Å²) in [6.45, 7) is 4.39. The zero-order chi connectivity index (χ0) is 11.4. The van der Waals surface area contributed by atoms with E-state index in [2.05, 4.69) is 23.2 Å². The van der Waals surface area contributed by atoms with Crippen molar-refractivity contribution < 1.29 is 0 Å². The van der Waals surface area contributed by atoms with Crippen molar-refractivity contribution in [3.8, 4) is 6.07 Å². The van der Waals surface area contributed by atoms with Crippen LogP contribution in [0.1, 0.15) is 45.4 Å². The first kappa shape index (κ1) is 11.9. The van der Waals surface area contributed by atoms with E-state index >= 15 is 0 Å². The van der Waals surface area contributed by atoms with Gasteiger partial charge in [0, 0.05) is 18.6 Å². The Morgan fingerprint density at radius 2 is 2.12 bits per heavy atom. The van der Waals surface area contributed by atoms with Gasteiger partial charge in [-0.1, -0.05) is 12.8 Å². The van der Waals surface area contributed by atoms with E-state index in [1.807, 2.05) is 0 Å². The van der Waals surface area contributed by atoms with Crippen LogP contribution < -0.4 is 5.32 Å². The number of hydrogen-bond acceptors (Lipinski definition) is 3. The Balaban J connectivity index is 1.82. The number of nitrogens with zero attached hydrogens (tertiary/aromatic N) is 2. The van der Waals surface area contributed by atoms with Crippen molar-refractivity contribution in [1.82, 2.24) is 10.2 Å². The summed E-state index contributed by atoms with van der Waals surface area (Å²) in [4.78, 5) is 2.50. The fraction of sp³-hybridized carbons (Fsp3) is 0.923. The average Bonchev–Trinajstić information content (AvgIpc) is 3.09. The zero-order valence-corrected chi connectivity index (χ0v) is 10.3. The fourth-order valence-electron chi connectivity index (χ4n) is 2.51. The van der Waals surface area contributed by atoms with Gasteiger partial charge in [-0.25, -0.2) is 0 Å². The summed E-state index contributed by atoms with van der Waals surface area (Å²) in [5.41, 5.74) is 0. The second kappa shape index (κ2) is 5.65. The van der Waals surface area contributed by atoms with Crippen LogP contribution in [0, 0.1) is 11.3 Å². The maximum Gasteiger partial charge on any atom is 0.108 e. The minimum absolute atomic E-state index is 0.0352. The van der Waals surface area contributed by atoms with Gasteiger partial charge in [0.05, 0.1) is 6.07 Å². The van der Waals surface area contributed by atoms with E-state index in [1.54, 1.807) is 0 Å². The van der Waals surface area contributed by atoms with E-state index in [0.29, 0.717) is 12.1 Å². The molecule has 0 radical (unpaired) electrons. The maximum absolute atomic E-state index is 9.15. The molecule has 2 atom stereocenters. The lowest BCUT2D eigenvalue weighted by Gasteiger charge is -2.29. The SMILES string of the molecule is CC1CCCCCN1CC(C#N)NC1CC1. The smallest absolute Gasteiger partial charge is 0.108 e. The van der Waals surface area contributed by atoms with Crippen LogP contribution in [0.3, 0.4) is 0 Å². The molecule has 2 aliphatic rings. The minimum atomic E-state index is 0.0352. The molecular formula is C13H23N3. The van der Waals surface area contributed by atoms with Gasteiger partial charge in [0.2, 0.25) is 0 Å². The Hall–Kier alpha value is -0.590. The molecule has 0 aromatic carbocycles. The highest BCUT2D eigenvalue weighted by Gasteiger charge is 2.27. The Bertz CT molecular complexity index is 254. The summed E-state index contributed by atoms with van der Waals surface area (Å²) in [6.07, 6.45) is 7.81. The molecule has 2 unspecified atom stereocenters. The molecule has 0 aromatic heterocycles. The topological polar surface area (TPSA) is 39.1 Å². The molecular weight excluding hydrogens is 198 g/mol. The highest BCUT2D eigenvalue weighted by atomic mass is 15.2. The first-order valence-corrected chi connectivity index (χ1v) is 6.69. The molecule has 1 aliphatic carbocycles. The molecule has 3 heteroatoms. The number of nitriles is 1. The second-order valence-corrected chi connectivity index (χ2v) is 5.32. The van der Waals surface area contributed by atoms with E-state index in [0.717, 1.165) is 6.54 Å². The molecule has 2 fully saturated rings. The van der Waals surface area contributed by atoms with E-state index in [9.17, 15) is 0 Å². The second-order valence-electron chi connectivity index (χ2n) is 5.32. The molecule has 0 aromatic rings. The molecule has 1 saturated carbocycles. The van der Waals surface area contributed by atoms with Gasteiger partial charge in [-0.2, -0.15) is 5.26 Å². The van der Waals surface area contributed by atoms with Gasteiger partial charge in [-0.05, 0) is 39.2 Å². The largest absolute Gasteiger partial charge is 0.298 e. The van der Waals surface area contributed by atoms with Gasteiger partial charge < -0.3 is 0 Å². The van der Waals surface area contributed by atoms with Crippen LogP contribution >= 0.6 is 0 Å². The predicted molar refractivity (Wildman–Crippen MR) is 65.1 cm³/mol. The third-order valence-electron chi connectivity index (χ3n) is 3.78. The summed E-state index contributed by atoms with van der Waals surface area (Å²) in [5.74, 6) is 0. The van der Waals surface area contributed by atoms with Crippen LogP contribution in [-0.2, 0) is 0 Å². The third kappa shape index (κ3) is 3.47. The Kier molecular flexibility index (Phi) is 4.20. The van der Waals surface area contributed by atoms with E-state index in [1.165, 1.54) is 45.1 Å². The lowest BCUT2D eigenvalue weighted by molar-refractivity contribution is 0.201. The number of hydrogen-bond donors (Lipinski definition) is 1. The van der Waals surface area contributed by atoms with Crippen molar-refractivity contribution in [2.24, 2.45) is 0 Å². The van der Waals surface area contributed by atoms with Gasteiger partial charge >= 0.3 is 0 Å². The highest BCUT2D eigenvalue weighted by Crippen LogP contribution is 2.20. The molecule has 1 aliphatic heterocycles. The summed E-state index contributed by atoms with van der Waals surface area (Å²) in [7, 11) is 0. The number of nitrogens with one attached hydrogen (secondary N) is 1. The molecule has 90 valence electrons. The Morgan fingerprint density at radius 3 is 2.81 bits per heavy atom. The van der Waals surface area contributed by atoms with Gasteiger partial charge in [0.15, 0.2) is 0 Å². The van der Waals surface area contributed by atoms with Crippen molar-refractivity contribution in [2.45, 2.75) is 63.6 Å². The molecule has 0 amide bonds. The van der Waals surface area contributed by atoms with Crippen molar-refractivity contribution in [2.75, 3.05) is 13.1 Å².